The summed E-state index contributed by atoms with van der Waals surface area (Å²) in [4.78, 5) is 16.3. The van der Waals surface area contributed by atoms with E-state index in [2.05, 4.69) is 15.0 Å². The molecule has 0 amide bonds. The molecule has 2 N–H and O–H groups in total. The summed E-state index contributed by atoms with van der Waals surface area (Å²) in [5.74, 6) is -0.970. The van der Waals surface area contributed by atoms with E-state index in [1.165, 1.54) is 0 Å². The molecule has 96 valence electrons. The predicted octanol–water partition coefficient (Wildman–Crippen LogP) is 3.58. The average Bonchev–Trinajstić information content (AvgIpc) is 2.82. The number of H-pyrrole nitrogens is 1. The fourth-order valence-corrected chi connectivity index (χ4v) is 1.77. The van der Waals surface area contributed by atoms with Gasteiger partial charge in [0, 0.05) is 22.4 Å². The molecule has 0 saturated carbocycles. The first-order chi connectivity index (χ1) is 9.20. The van der Waals surface area contributed by atoms with Crippen LogP contribution in [0.25, 0.3) is 27.4 Å². The van der Waals surface area contributed by atoms with E-state index in [9.17, 15) is 4.79 Å². The molecule has 0 aliphatic carbocycles. The molecule has 0 unspecified atom stereocenters. The smallest absolute Gasteiger partial charge is 0.352 e. The second kappa shape index (κ2) is 5.75. The fraction of sp³-hybridized carbons (Fsp3) is 0.154. The molecule has 0 spiro atoms. The molecule has 6 heteroatoms. The average molecular weight is 256 g/mol. The van der Waals surface area contributed by atoms with Crippen LogP contribution in [-0.4, -0.2) is 22.6 Å². The minimum Gasteiger partial charge on any atom is -0.477 e. The molecule has 0 aliphatic heterocycles. The number of aromatic carboxylic acids is 1. The SMILES string of the molecule is [N-]=[N+]=NCCC=Cc1ccc2[nH]c(C(=O)O)cc2c1. The van der Waals surface area contributed by atoms with Crippen molar-refractivity contribution in [1.29, 1.82) is 0 Å². The molecular formula is C13H12N4O2. The lowest BCUT2D eigenvalue weighted by molar-refractivity contribution is 0.0691. The molecule has 0 fully saturated rings. The molecule has 1 heterocycles. The Balaban J connectivity index is 2.16. The van der Waals surface area contributed by atoms with Gasteiger partial charge in [0.1, 0.15) is 5.69 Å². The number of carboxylic acids is 1. The Labute approximate surface area is 109 Å². The van der Waals surface area contributed by atoms with Crippen LogP contribution < -0.4 is 0 Å². The third-order valence-corrected chi connectivity index (χ3v) is 2.64. The van der Waals surface area contributed by atoms with Crippen LogP contribution in [0.15, 0.2) is 35.5 Å². The first kappa shape index (κ1) is 12.7. The summed E-state index contributed by atoms with van der Waals surface area (Å²) in [7, 11) is 0. The van der Waals surface area contributed by atoms with E-state index in [1.807, 2.05) is 30.4 Å². The van der Waals surface area contributed by atoms with Crippen molar-refractivity contribution in [3.05, 3.63) is 52.0 Å². The summed E-state index contributed by atoms with van der Waals surface area (Å²) in [6.45, 7) is 0.433. The van der Waals surface area contributed by atoms with Crippen LogP contribution >= 0.6 is 0 Å². The van der Waals surface area contributed by atoms with Crippen LogP contribution in [0.5, 0.6) is 0 Å². The van der Waals surface area contributed by atoms with Crippen molar-refractivity contribution in [3.63, 3.8) is 0 Å². The van der Waals surface area contributed by atoms with Crippen LogP contribution in [-0.2, 0) is 0 Å². The number of hydrogen-bond acceptors (Lipinski definition) is 2. The summed E-state index contributed by atoms with van der Waals surface area (Å²) in [5, 5.41) is 13.2. The first-order valence-corrected chi connectivity index (χ1v) is 5.74. The van der Waals surface area contributed by atoms with Gasteiger partial charge in [-0.25, -0.2) is 4.79 Å². The Morgan fingerprint density at radius 3 is 3.05 bits per heavy atom. The molecule has 0 bridgehead atoms. The summed E-state index contributed by atoms with van der Waals surface area (Å²) in [6.07, 6.45) is 4.51. The lowest BCUT2D eigenvalue weighted by Crippen LogP contribution is -1.94. The van der Waals surface area contributed by atoms with Crippen molar-refractivity contribution in [2.24, 2.45) is 5.11 Å². The predicted molar refractivity (Wildman–Crippen MR) is 72.9 cm³/mol. The van der Waals surface area contributed by atoms with Crippen molar-refractivity contribution in [1.82, 2.24) is 4.98 Å². The number of fused-ring (bicyclic) bond motifs is 1. The lowest BCUT2D eigenvalue weighted by atomic mass is 10.1. The van der Waals surface area contributed by atoms with Gasteiger partial charge in [0.2, 0.25) is 0 Å². The van der Waals surface area contributed by atoms with E-state index in [4.69, 9.17) is 10.6 Å². The summed E-state index contributed by atoms with van der Waals surface area (Å²) >= 11 is 0. The van der Waals surface area contributed by atoms with Crippen LogP contribution in [0.1, 0.15) is 22.5 Å². The molecule has 19 heavy (non-hydrogen) atoms. The molecule has 2 aromatic rings. The highest BCUT2D eigenvalue weighted by atomic mass is 16.4. The number of carbonyl (C=O) groups is 1. The number of aromatic nitrogens is 1. The van der Waals surface area contributed by atoms with E-state index >= 15 is 0 Å². The number of carboxylic acid groups (broad SMARTS) is 1. The molecule has 6 nitrogen and oxygen atoms in total. The largest absolute Gasteiger partial charge is 0.477 e. The quantitative estimate of drug-likeness (QED) is 0.369. The van der Waals surface area contributed by atoms with Gasteiger partial charge in [0.05, 0.1) is 0 Å². The minimum absolute atomic E-state index is 0.180. The Morgan fingerprint density at radius 2 is 2.32 bits per heavy atom. The minimum atomic E-state index is -0.970. The zero-order chi connectivity index (χ0) is 13.7. The highest BCUT2D eigenvalue weighted by Crippen LogP contribution is 2.18. The van der Waals surface area contributed by atoms with Gasteiger partial charge in [-0.2, -0.15) is 0 Å². The first-order valence-electron chi connectivity index (χ1n) is 5.74. The Bertz CT molecular complexity index is 681. The maximum Gasteiger partial charge on any atom is 0.352 e. The molecule has 0 radical (unpaired) electrons. The normalized spacial score (nSPS) is 10.7. The van der Waals surface area contributed by atoms with Gasteiger partial charge in [-0.05, 0) is 35.7 Å². The van der Waals surface area contributed by atoms with Gasteiger partial charge >= 0.3 is 5.97 Å². The number of hydrogen-bond donors (Lipinski definition) is 2. The topological polar surface area (TPSA) is 102 Å². The maximum atomic E-state index is 10.8. The molecule has 1 aromatic carbocycles. The van der Waals surface area contributed by atoms with Crippen LogP contribution in [0.4, 0.5) is 0 Å². The highest BCUT2D eigenvalue weighted by Gasteiger charge is 2.06. The van der Waals surface area contributed by atoms with Crippen molar-refractivity contribution in [3.8, 4) is 0 Å². The van der Waals surface area contributed by atoms with E-state index in [0.717, 1.165) is 16.5 Å². The van der Waals surface area contributed by atoms with E-state index in [-0.39, 0.29) is 5.69 Å². The second-order valence-corrected chi connectivity index (χ2v) is 3.98. The zero-order valence-corrected chi connectivity index (χ0v) is 10.1. The number of benzene rings is 1. The molecule has 0 aliphatic rings. The van der Waals surface area contributed by atoms with Gasteiger partial charge < -0.3 is 10.1 Å². The molecule has 0 atom stereocenters. The summed E-state index contributed by atoms with van der Waals surface area (Å²) in [6, 6.07) is 7.25. The van der Waals surface area contributed by atoms with E-state index < -0.39 is 5.97 Å². The third-order valence-electron chi connectivity index (χ3n) is 2.64. The van der Waals surface area contributed by atoms with Crippen molar-refractivity contribution in [2.75, 3.05) is 6.54 Å². The molecule has 1 aromatic heterocycles. The van der Waals surface area contributed by atoms with Crippen LogP contribution in [0, 0.1) is 0 Å². The Kier molecular flexibility index (Phi) is 3.85. The molecule has 0 saturated heterocycles. The lowest BCUT2D eigenvalue weighted by Gasteiger charge is -1.94. The van der Waals surface area contributed by atoms with E-state index in [0.29, 0.717) is 13.0 Å². The number of aromatic amines is 1. The number of nitrogens with zero attached hydrogens (tertiary/aromatic N) is 3. The van der Waals surface area contributed by atoms with Gasteiger partial charge in [0.15, 0.2) is 0 Å². The summed E-state index contributed by atoms with van der Waals surface area (Å²) < 4.78 is 0. The number of rotatable bonds is 5. The second-order valence-electron chi connectivity index (χ2n) is 3.98. The molecule has 2 rings (SSSR count). The fourth-order valence-electron chi connectivity index (χ4n) is 1.77. The maximum absolute atomic E-state index is 10.8. The van der Waals surface area contributed by atoms with Gasteiger partial charge in [-0.1, -0.05) is 23.3 Å². The number of nitrogens with one attached hydrogen (secondary N) is 1. The third kappa shape index (κ3) is 3.14. The van der Waals surface area contributed by atoms with Gasteiger partial charge in [0.25, 0.3) is 0 Å². The van der Waals surface area contributed by atoms with Crippen molar-refractivity contribution >= 4 is 22.9 Å². The van der Waals surface area contributed by atoms with Crippen LogP contribution in [0.2, 0.25) is 0 Å². The Hall–Kier alpha value is -2.72. The van der Waals surface area contributed by atoms with Crippen LogP contribution in [0.3, 0.4) is 0 Å². The van der Waals surface area contributed by atoms with Crippen molar-refractivity contribution in [2.45, 2.75) is 6.42 Å². The van der Waals surface area contributed by atoms with Gasteiger partial charge in [-0.3, -0.25) is 0 Å². The Morgan fingerprint density at radius 1 is 1.47 bits per heavy atom. The standard InChI is InChI=1S/C13H12N4O2/c14-17-15-6-2-1-3-9-4-5-11-10(7-9)8-12(16-11)13(18)19/h1,3-5,7-8,16H,2,6H2,(H,18,19). The zero-order valence-electron chi connectivity index (χ0n) is 10.1. The van der Waals surface area contributed by atoms with Gasteiger partial charge in [-0.15, -0.1) is 0 Å². The van der Waals surface area contributed by atoms with E-state index in [1.54, 1.807) is 6.07 Å². The van der Waals surface area contributed by atoms with Crippen molar-refractivity contribution < 1.29 is 9.90 Å². The monoisotopic (exact) mass is 256 g/mol. The number of azide groups is 1. The highest BCUT2D eigenvalue weighted by molar-refractivity contribution is 5.94. The molecular weight excluding hydrogens is 244 g/mol. The summed E-state index contributed by atoms with van der Waals surface area (Å²) in [5.41, 5.74) is 10.1.